The molecule has 0 aliphatic carbocycles. The molecule has 0 amide bonds. The summed E-state index contributed by atoms with van der Waals surface area (Å²) in [5, 5.41) is 0. The Morgan fingerprint density at radius 1 is 1.08 bits per heavy atom. The molecule has 0 fully saturated rings. The molecule has 1 aromatic rings. The molecule has 0 N–H and O–H groups in total. The van der Waals surface area contributed by atoms with E-state index < -0.39 is 0 Å². The normalized spacial score (nSPS) is 14.3. The molecule has 0 aromatic heterocycles. The minimum atomic E-state index is 0.898. The van der Waals surface area contributed by atoms with Gasteiger partial charge in [-0.05, 0) is 37.0 Å². The van der Waals surface area contributed by atoms with Crippen molar-refractivity contribution >= 4 is 0 Å². The van der Waals surface area contributed by atoms with E-state index in [4.69, 9.17) is 0 Å². The van der Waals surface area contributed by atoms with Crippen LogP contribution in [0.5, 0.6) is 0 Å². The van der Waals surface area contributed by atoms with Crippen molar-refractivity contribution in [1.82, 2.24) is 4.90 Å². The Bertz CT molecular complexity index is 602. The van der Waals surface area contributed by atoms with Crippen LogP contribution in [0.1, 0.15) is 59.4 Å². The molecule has 0 bridgehead atoms. The van der Waals surface area contributed by atoms with Crippen LogP contribution in [0, 0.1) is 5.92 Å². The lowest BCUT2D eigenvalue weighted by molar-refractivity contribution is 0.560. The summed E-state index contributed by atoms with van der Waals surface area (Å²) in [6, 6.07) is 10.6. The Labute approximate surface area is 155 Å². The van der Waals surface area contributed by atoms with E-state index >= 15 is 0 Å². The highest BCUT2D eigenvalue weighted by Crippen LogP contribution is 2.24. The first-order chi connectivity index (χ1) is 12.0. The van der Waals surface area contributed by atoms with Crippen LogP contribution in [0.4, 0.5) is 0 Å². The summed E-state index contributed by atoms with van der Waals surface area (Å²) in [5.74, 6) is 0.898. The lowest BCUT2D eigenvalue weighted by Crippen LogP contribution is -2.19. The Balaban J connectivity index is 0.000000450. The van der Waals surface area contributed by atoms with Crippen molar-refractivity contribution in [1.29, 1.82) is 0 Å². The van der Waals surface area contributed by atoms with E-state index in [-0.39, 0.29) is 0 Å². The first-order valence-electron chi connectivity index (χ1n) is 9.55. The summed E-state index contributed by atoms with van der Waals surface area (Å²) in [6.45, 7) is 15.3. The molecular formula is C24H35N. The second-order valence-corrected chi connectivity index (χ2v) is 6.99. The maximum Gasteiger partial charge on any atom is 0.0380 e. The second-order valence-electron chi connectivity index (χ2n) is 6.99. The Morgan fingerprint density at radius 2 is 1.76 bits per heavy atom. The van der Waals surface area contributed by atoms with E-state index in [2.05, 4.69) is 88.7 Å². The largest absolute Gasteiger partial charge is 0.321 e. The van der Waals surface area contributed by atoms with Gasteiger partial charge in [-0.15, -0.1) is 0 Å². The summed E-state index contributed by atoms with van der Waals surface area (Å²) in [5.41, 5.74) is 5.10. The molecule has 0 saturated heterocycles. The number of allylic oxidation sites excluding steroid dienone is 5. The molecule has 0 spiro atoms. The minimum absolute atomic E-state index is 0.898. The van der Waals surface area contributed by atoms with Crippen LogP contribution >= 0.6 is 0 Å². The molecule has 0 saturated carbocycles. The lowest BCUT2D eigenvalue weighted by Gasteiger charge is -2.28. The average molecular weight is 338 g/mol. The third kappa shape index (κ3) is 7.60. The Morgan fingerprint density at radius 3 is 2.24 bits per heavy atom. The Hall–Kier alpha value is -2.02. The maximum atomic E-state index is 4.13. The van der Waals surface area contributed by atoms with Crippen LogP contribution in [0.25, 0.3) is 0 Å². The van der Waals surface area contributed by atoms with E-state index in [0.717, 1.165) is 24.5 Å². The van der Waals surface area contributed by atoms with Gasteiger partial charge in [0.1, 0.15) is 0 Å². The van der Waals surface area contributed by atoms with Crippen LogP contribution < -0.4 is 0 Å². The van der Waals surface area contributed by atoms with Crippen molar-refractivity contribution in [3.8, 4) is 0 Å². The number of hydrogen-bond acceptors (Lipinski definition) is 1. The van der Waals surface area contributed by atoms with Gasteiger partial charge in [0.2, 0.25) is 0 Å². The van der Waals surface area contributed by atoms with Gasteiger partial charge < -0.3 is 4.90 Å². The average Bonchev–Trinajstić information content (AvgIpc) is 2.61. The van der Waals surface area contributed by atoms with Gasteiger partial charge in [0, 0.05) is 24.0 Å². The van der Waals surface area contributed by atoms with E-state index in [1.165, 1.54) is 29.7 Å². The summed E-state index contributed by atoms with van der Waals surface area (Å²) in [7, 11) is 0. The molecule has 0 unspecified atom stereocenters. The highest BCUT2D eigenvalue weighted by molar-refractivity contribution is 5.34. The highest BCUT2D eigenvalue weighted by Gasteiger charge is 2.13. The third-order valence-corrected chi connectivity index (χ3v) is 4.34. The summed E-state index contributed by atoms with van der Waals surface area (Å²) in [4.78, 5) is 2.20. The smallest absolute Gasteiger partial charge is 0.0380 e. The van der Waals surface area contributed by atoms with Gasteiger partial charge >= 0.3 is 0 Å². The van der Waals surface area contributed by atoms with Gasteiger partial charge in [0.05, 0.1) is 0 Å². The molecule has 0 atom stereocenters. The van der Waals surface area contributed by atoms with E-state index in [9.17, 15) is 0 Å². The summed E-state index contributed by atoms with van der Waals surface area (Å²) >= 11 is 0. The van der Waals surface area contributed by atoms with E-state index in [1.807, 2.05) is 12.2 Å². The fourth-order valence-corrected chi connectivity index (χ4v) is 2.75. The molecule has 1 aliphatic heterocycles. The molecule has 136 valence electrons. The molecule has 1 heterocycles. The molecular weight excluding hydrogens is 302 g/mol. The fourth-order valence-electron chi connectivity index (χ4n) is 2.75. The standard InChI is InChI=1S/C18H21N.C6H14/c1-4-15(2)18(14-17-11-6-5-7-12-17)19-13-9-8-10-16(19)3;1-4-5-6(2)3/h5-13H,3-4,14H2,1-2H3;6H,4-5H2,1-3H3/b18-15+;. The topological polar surface area (TPSA) is 3.24 Å². The van der Waals surface area contributed by atoms with Gasteiger partial charge in [-0.2, -0.15) is 0 Å². The van der Waals surface area contributed by atoms with Crippen LogP contribution in [0.3, 0.4) is 0 Å². The van der Waals surface area contributed by atoms with Gasteiger partial charge in [-0.1, -0.05) is 89.1 Å². The second kappa shape index (κ2) is 11.5. The fraction of sp³-hybridized carbons (Fsp3) is 0.417. The molecule has 1 heteroatoms. The number of hydrogen-bond donors (Lipinski definition) is 0. The first kappa shape index (κ1) is 21.0. The van der Waals surface area contributed by atoms with Crippen LogP contribution in [0.15, 0.2) is 78.3 Å². The van der Waals surface area contributed by atoms with E-state index in [1.54, 1.807) is 0 Å². The van der Waals surface area contributed by atoms with Crippen molar-refractivity contribution in [3.63, 3.8) is 0 Å². The minimum Gasteiger partial charge on any atom is -0.321 e. The van der Waals surface area contributed by atoms with Crippen molar-refractivity contribution in [2.75, 3.05) is 0 Å². The maximum absolute atomic E-state index is 4.13. The van der Waals surface area contributed by atoms with Crippen LogP contribution in [-0.4, -0.2) is 4.90 Å². The first-order valence-corrected chi connectivity index (χ1v) is 9.55. The number of rotatable bonds is 6. The Kier molecular flexibility index (Phi) is 9.69. The predicted octanol–water partition coefficient (Wildman–Crippen LogP) is 7.25. The molecule has 1 aliphatic rings. The van der Waals surface area contributed by atoms with Crippen LogP contribution in [0.2, 0.25) is 0 Å². The van der Waals surface area contributed by atoms with Gasteiger partial charge in [0.15, 0.2) is 0 Å². The SMILES string of the molecule is C=C1C=CC=CN1/C(Cc1ccccc1)=C(\C)CC.CCCC(C)C. The zero-order valence-corrected chi connectivity index (χ0v) is 16.8. The molecule has 25 heavy (non-hydrogen) atoms. The van der Waals surface area contributed by atoms with Gasteiger partial charge in [0.25, 0.3) is 0 Å². The number of benzene rings is 1. The molecule has 1 nitrogen and oxygen atoms in total. The van der Waals surface area contributed by atoms with Crippen LogP contribution in [-0.2, 0) is 6.42 Å². The summed E-state index contributed by atoms with van der Waals surface area (Å²) in [6.07, 6.45) is 12.9. The third-order valence-electron chi connectivity index (χ3n) is 4.34. The molecule has 1 aromatic carbocycles. The molecule has 2 rings (SSSR count). The zero-order chi connectivity index (χ0) is 18.7. The van der Waals surface area contributed by atoms with Crippen molar-refractivity contribution in [2.45, 2.75) is 60.3 Å². The van der Waals surface area contributed by atoms with Crippen molar-refractivity contribution < 1.29 is 0 Å². The lowest BCUT2D eigenvalue weighted by atomic mass is 10.0. The van der Waals surface area contributed by atoms with Gasteiger partial charge in [-0.25, -0.2) is 0 Å². The van der Waals surface area contributed by atoms with E-state index in [0.29, 0.717) is 0 Å². The number of nitrogens with zero attached hydrogens (tertiary/aromatic N) is 1. The zero-order valence-electron chi connectivity index (χ0n) is 16.8. The van der Waals surface area contributed by atoms with Gasteiger partial charge in [-0.3, -0.25) is 0 Å². The molecule has 0 radical (unpaired) electrons. The van der Waals surface area contributed by atoms with Crippen molar-refractivity contribution in [2.24, 2.45) is 5.92 Å². The van der Waals surface area contributed by atoms with Crippen molar-refractivity contribution in [3.05, 3.63) is 83.9 Å². The quantitative estimate of drug-likeness (QED) is 0.528. The summed E-state index contributed by atoms with van der Waals surface area (Å²) < 4.78 is 0. The predicted molar refractivity (Wildman–Crippen MR) is 112 cm³/mol. The monoisotopic (exact) mass is 337 g/mol. The highest BCUT2D eigenvalue weighted by atomic mass is 15.1.